The van der Waals surface area contributed by atoms with E-state index in [2.05, 4.69) is 25.7 Å². The summed E-state index contributed by atoms with van der Waals surface area (Å²) in [5.41, 5.74) is 1.91. The molecule has 1 amide bonds. The van der Waals surface area contributed by atoms with Gasteiger partial charge in [-0.15, -0.1) is 5.10 Å². The molecule has 28 heavy (non-hydrogen) atoms. The molecule has 0 aliphatic carbocycles. The van der Waals surface area contributed by atoms with Crippen LogP contribution in [0.4, 0.5) is 11.5 Å². The molecule has 0 saturated carbocycles. The molecule has 0 bridgehead atoms. The van der Waals surface area contributed by atoms with E-state index in [1.807, 2.05) is 24.3 Å². The van der Waals surface area contributed by atoms with Crippen LogP contribution in [0.5, 0.6) is 11.5 Å². The summed E-state index contributed by atoms with van der Waals surface area (Å²) in [5, 5.41) is 14.2. The molecule has 1 fully saturated rings. The molecule has 0 atom stereocenters. The number of aromatic nitrogens is 2. The number of nitrogens with zero attached hydrogens (tertiary/aromatic N) is 3. The second-order valence-electron chi connectivity index (χ2n) is 6.54. The first-order valence-corrected chi connectivity index (χ1v) is 9.32. The Morgan fingerprint density at radius 2 is 1.96 bits per heavy atom. The number of amides is 1. The second-order valence-corrected chi connectivity index (χ2v) is 6.54. The Labute approximate surface area is 163 Å². The lowest BCUT2D eigenvalue weighted by Crippen LogP contribution is -2.36. The fraction of sp³-hybridized carbons (Fsp3) is 0.421. The summed E-state index contributed by atoms with van der Waals surface area (Å²) in [4.78, 5) is 14.3. The van der Waals surface area contributed by atoms with Gasteiger partial charge in [0.05, 0.1) is 31.5 Å². The number of hydrogen-bond acceptors (Lipinski definition) is 8. The first-order chi connectivity index (χ1) is 13.8. The van der Waals surface area contributed by atoms with Gasteiger partial charge in [0.2, 0.25) is 12.7 Å². The van der Waals surface area contributed by atoms with Gasteiger partial charge in [-0.3, -0.25) is 4.79 Å². The van der Waals surface area contributed by atoms with Crippen molar-refractivity contribution in [2.24, 2.45) is 0 Å². The molecule has 4 rings (SSSR count). The Bertz CT molecular complexity index is 826. The molecular formula is C19H23N5O4. The quantitative estimate of drug-likeness (QED) is 0.676. The van der Waals surface area contributed by atoms with E-state index in [0.717, 1.165) is 37.6 Å². The average molecular weight is 385 g/mol. The lowest BCUT2D eigenvalue weighted by molar-refractivity contribution is -0.120. The van der Waals surface area contributed by atoms with E-state index < -0.39 is 0 Å². The van der Waals surface area contributed by atoms with Crippen molar-refractivity contribution in [1.29, 1.82) is 0 Å². The summed E-state index contributed by atoms with van der Waals surface area (Å²) in [5.74, 6) is 2.04. The van der Waals surface area contributed by atoms with Crippen LogP contribution in [0.3, 0.4) is 0 Å². The highest BCUT2D eigenvalue weighted by Gasteiger charge is 2.15. The Balaban J connectivity index is 1.20. The third-order valence-electron chi connectivity index (χ3n) is 4.57. The SMILES string of the molecule is O=C(Cc1ccc2c(c1)OCO2)NCCNc1cc(N2CCOCC2)cnn1. The van der Waals surface area contributed by atoms with Gasteiger partial charge in [-0.25, -0.2) is 0 Å². The third kappa shape index (κ3) is 4.61. The van der Waals surface area contributed by atoms with Crippen LogP contribution in [-0.2, 0) is 16.0 Å². The van der Waals surface area contributed by atoms with Gasteiger partial charge in [-0.05, 0) is 17.7 Å². The van der Waals surface area contributed by atoms with Crippen LogP contribution in [0.1, 0.15) is 5.56 Å². The molecule has 1 saturated heterocycles. The standard InChI is InChI=1S/C19H23N5O4/c25-19(10-14-1-2-16-17(9-14)28-13-27-16)21-4-3-20-18-11-15(12-22-23-18)24-5-7-26-8-6-24/h1-2,9,11-12H,3-8,10,13H2,(H,20,23)(H,21,25). The van der Waals surface area contributed by atoms with Crippen molar-refractivity contribution in [3.8, 4) is 11.5 Å². The molecule has 2 aromatic rings. The number of rotatable bonds is 7. The highest BCUT2D eigenvalue weighted by molar-refractivity contribution is 5.78. The number of ether oxygens (including phenoxy) is 3. The molecular weight excluding hydrogens is 362 g/mol. The van der Waals surface area contributed by atoms with Gasteiger partial charge in [-0.2, -0.15) is 5.10 Å². The van der Waals surface area contributed by atoms with Crippen LogP contribution in [0.2, 0.25) is 0 Å². The van der Waals surface area contributed by atoms with E-state index in [0.29, 0.717) is 36.8 Å². The summed E-state index contributed by atoms with van der Waals surface area (Å²) < 4.78 is 16.0. The number of benzene rings is 1. The zero-order valence-electron chi connectivity index (χ0n) is 15.5. The number of anilines is 2. The van der Waals surface area contributed by atoms with Crippen molar-refractivity contribution in [2.75, 3.05) is 56.4 Å². The van der Waals surface area contributed by atoms with Crippen molar-refractivity contribution in [3.05, 3.63) is 36.0 Å². The van der Waals surface area contributed by atoms with E-state index in [-0.39, 0.29) is 12.7 Å². The highest BCUT2D eigenvalue weighted by atomic mass is 16.7. The first kappa shape index (κ1) is 18.3. The molecule has 0 spiro atoms. The van der Waals surface area contributed by atoms with Crippen molar-refractivity contribution in [2.45, 2.75) is 6.42 Å². The lowest BCUT2D eigenvalue weighted by Gasteiger charge is -2.28. The summed E-state index contributed by atoms with van der Waals surface area (Å²) in [6.45, 7) is 4.43. The number of carbonyl (C=O) groups excluding carboxylic acids is 1. The Morgan fingerprint density at radius 3 is 2.86 bits per heavy atom. The zero-order valence-corrected chi connectivity index (χ0v) is 15.5. The zero-order chi connectivity index (χ0) is 19.2. The minimum absolute atomic E-state index is 0.0474. The molecule has 9 nitrogen and oxygen atoms in total. The molecule has 2 N–H and O–H groups in total. The predicted molar refractivity (Wildman–Crippen MR) is 103 cm³/mol. The van der Waals surface area contributed by atoms with Crippen LogP contribution in [0, 0.1) is 0 Å². The van der Waals surface area contributed by atoms with Crippen LogP contribution in [-0.4, -0.2) is 62.3 Å². The molecule has 148 valence electrons. The Kier molecular flexibility index (Phi) is 5.72. The number of fused-ring (bicyclic) bond motifs is 1. The molecule has 1 aromatic heterocycles. The van der Waals surface area contributed by atoms with E-state index in [1.165, 1.54) is 0 Å². The van der Waals surface area contributed by atoms with E-state index >= 15 is 0 Å². The van der Waals surface area contributed by atoms with Gasteiger partial charge >= 0.3 is 0 Å². The first-order valence-electron chi connectivity index (χ1n) is 9.32. The van der Waals surface area contributed by atoms with Crippen LogP contribution in [0.25, 0.3) is 0 Å². The molecule has 2 aliphatic heterocycles. The van der Waals surface area contributed by atoms with Gasteiger partial charge in [0.25, 0.3) is 0 Å². The summed E-state index contributed by atoms with van der Waals surface area (Å²) in [7, 11) is 0. The minimum atomic E-state index is -0.0474. The fourth-order valence-corrected chi connectivity index (χ4v) is 3.13. The Morgan fingerprint density at radius 1 is 1.11 bits per heavy atom. The van der Waals surface area contributed by atoms with Crippen LogP contribution < -0.4 is 25.0 Å². The minimum Gasteiger partial charge on any atom is -0.454 e. The van der Waals surface area contributed by atoms with Crippen molar-refractivity contribution >= 4 is 17.4 Å². The smallest absolute Gasteiger partial charge is 0.231 e. The topological polar surface area (TPSA) is 97.8 Å². The molecule has 3 heterocycles. The average Bonchev–Trinajstić information content (AvgIpc) is 3.20. The summed E-state index contributed by atoms with van der Waals surface area (Å²) in [6.07, 6.45) is 2.05. The normalized spacial score (nSPS) is 15.4. The van der Waals surface area contributed by atoms with Gasteiger partial charge in [0.1, 0.15) is 0 Å². The van der Waals surface area contributed by atoms with Crippen LogP contribution in [0.15, 0.2) is 30.5 Å². The number of hydrogen-bond donors (Lipinski definition) is 2. The Hall–Kier alpha value is -3.07. The third-order valence-corrected chi connectivity index (χ3v) is 4.57. The van der Waals surface area contributed by atoms with E-state index in [1.54, 1.807) is 6.20 Å². The second kappa shape index (κ2) is 8.75. The number of morpholine rings is 1. The van der Waals surface area contributed by atoms with E-state index in [9.17, 15) is 4.79 Å². The van der Waals surface area contributed by atoms with Gasteiger partial charge in [-0.1, -0.05) is 6.07 Å². The molecule has 0 unspecified atom stereocenters. The lowest BCUT2D eigenvalue weighted by atomic mass is 10.1. The maximum atomic E-state index is 12.1. The highest BCUT2D eigenvalue weighted by Crippen LogP contribution is 2.32. The van der Waals surface area contributed by atoms with Gasteiger partial charge in [0.15, 0.2) is 17.3 Å². The monoisotopic (exact) mass is 385 g/mol. The molecule has 9 heteroatoms. The van der Waals surface area contributed by atoms with E-state index in [4.69, 9.17) is 14.2 Å². The van der Waals surface area contributed by atoms with Gasteiger partial charge in [0, 0.05) is 32.2 Å². The van der Waals surface area contributed by atoms with Crippen molar-refractivity contribution in [3.63, 3.8) is 0 Å². The number of nitrogens with one attached hydrogen (secondary N) is 2. The molecule has 1 aromatic carbocycles. The molecule has 0 radical (unpaired) electrons. The molecule has 2 aliphatic rings. The van der Waals surface area contributed by atoms with Gasteiger partial charge < -0.3 is 29.7 Å². The van der Waals surface area contributed by atoms with Crippen LogP contribution >= 0.6 is 0 Å². The van der Waals surface area contributed by atoms with Crippen molar-refractivity contribution < 1.29 is 19.0 Å². The predicted octanol–water partition coefficient (Wildman–Crippen LogP) is 0.813. The van der Waals surface area contributed by atoms with Crippen molar-refractivity contribution in [1.82, 2.24) is 15.5 Å². The largest absolute Gasteiger partial charge is 0.454 e. The fourth-order valence-electron chi connectivity index (χ4n) is 3.13. The summed E-state index contributed by atoms with van der Waals surface area (Å²) in [6, 6.07) is 7.50. The maximum absolute atomic E-state index is 12.1. The maximum Gasteiger partial charge on any atom is 0.231 e. The summed E-state index contributed by atoms with van der Waals surface area (Å²) >= 11 is 0. The number of carbonyl (C=O) groups is 1.